The normalized spacial score (nSPS) is 33.8. The lowest BCUT2D eigenvalue weighted by atomic mass is 9.68. The number of likely N-dealkylation sites (tertiary alicyclic amines) is 1. The zero-order chi connectivity index (χ0) is 14.1. The van der Waals surface area contributed by atoms with Crippen molar-refractivity contribution in [1.82, 2.24) is 4.90 Å². The zero-order valence-electron chi connectivity index (χ0n) is 13.2. The van der Waals surface area contributed by atoms with Crippen LogP contribution < -0.4 is 5.73 Å². The Morgan fingerprint density at radius 1 is 1.26 bits per heavy atom. The molecule has 2 nitrogen and oxygen atoms in total. The van der Waals surface area contributed by atoms with Gasteiger partial charge in [0.05, 0.1) is 0 Å². The maximum absolute atomic E-state index is 6.28. The number of piperidine rings is 1. The standard InChI is InChI=1S/C16H32N2S/c1-13(2)14-5-8-18(9-6-14)16(11-17)12-19-10-7-15(16,3)4/h13-14H,5-12,17H2,1-4H3. The predicted molar refractivity (Wildman–Crippen MR) is 86.6 cm³/mol. The molecule has 2 rings (SSSR count). The van der Waals surface area contributed by atoms with Crippen LogP contribution in [0.25, 0.3) is 0 Å². The molecule has 0 saturated carbocycles. The van der Waals surface area contributed by atoms with Gasteiger partial charge < -0.3 is 5.73 Å². The van der Waals surface area contributed by atoms with Crippen LogP contribution >= 0.6 is 11.8 Å². The zero-order valence-corrected chi connectivity index (χ0v) is 14.1. The van der Waals surface area contributed by atoms with Crippen LogP contribution in [0.3, 0.4) is 0 Å². The van der Waals surface area contributed by atoms with E-state index in [1.165, 1.54) is 43.9 Å². The Balaban J connectivity index is 2.10. The fourth-order valence-electron chi connectivity index (χ4n) is 3.97. The van der Waals surface area contributed by atoms with Crippen LogP contribution in [0.5, 0.6) is 0 Å². The van der Waals surface area contributed by atoms with Gasteiger partial charge in [-0.3, -0.25) is 4.90 Å². The van der Waals surface area contributed by atoms with Gasteiger partial charge in [-0.05, 0) is 55.4 Å². The van der Waals surface area contributed by atoms with Crippen LogP contribution in [0, 0.1) is 17.3 Å². The average Bonchev–Trinajstić information content (AvgIpc) is 2.39. The number of rotatable bonds is 3. The molecule has 2 N–H and O–H groups in total. The number of nitrogens with two attached hydrogens (primary N) is 1. The third kappa shape index (κ3) is 2.84. The highest BCUT2D eigenvalue weighted by atomic mass is 32.2. The number of nitrogens with zero attached hydrogens (tertiary/aromatic N) is 1. The molecule has 2 aliphatic rings. The summed E-state index contributed by atoms with van der Waals surface area (Å²) in [5.41, 5.74) is 6.88. The van der Waals surface area contributed by atoms with Crippen molar-refractivity contribution in [2.45, 2.75) is 52.5 Å². The molecule has 2 saturated heterocycles. The fourth-order valence-corrected chi connectivity index (χ4v) is 5.80. The second-order valence-electron chi connectivity index (χ2n) is 7.49. The van der Waals surface area contributed by atoms with Gasteiger partial charge >= 0.3 is 0 Å². The predicted octanol–water partition coefficient (Wildman–Crippen LogP) is 3.22. The third-order valence-electron chi connectivity index (χ3n) is 5.90. The van der Waals surface area contributed by atoms with Crippen LogP contribution in [0.1, 0.15) is 47.0 Å². The van der Waals surface area contributed by atoms with Gasteiger partial charge in [-0.2, -0.15) is 11.8 Å². The maximum atomic E-state index is 6.28. The Bertz CT molecular complexity index is 295. The van der Waals surface area contributed by atoms with E-state index in [0.717, 1.165) is 18.4 Å². The number of hydrogen-bond donors (Lipinski definition) is 1. The van der Waals surface area contributed by atoms with E-state index in [4.69, 9.17) is 5.73 Å². The molecule has 0 bridgehead atoms. The van der Waals surface area contributed by atoms with Gasteiger partial charge in [-0.25, -0.2) is 0 Å². The molecule has 0 spiro atoms. The molecule has 2 heterocycles. The monoisotopic (exact) mass is 284 g/mol. The van der Waals surface area contributed by atoms with Crippen molar-refractivity contribution in [3.63, 3.8) is 0 Å². The quantitative estimate of drug-likeness (QED) is 0.863. The second-order valence-corrected chi connectivity index (χ2v) is 8.60. The smallest absolute Gasteiger partial charge is 0.0472 e. The summed E-state index contributed by atoms with van der Waals surface area (Å²) in [6, 6.07) is 0. The molecule has 0 radical (unpaired) electrons. The Kier molecular flexibility index (Phi) is 4.90. The Morgan fingerprint density at radius 3 is 2.37 bits per heavy atom. The van der Waals surface area contributed by atoms with Crippen LogP contribution in [-0.4, -0.2) is 41.6 Å². The summed E-state index contributed by atoms with van der Waals surface area (Å²) in [7, 11) is 0. The highest BCUT2D eigenvalue weighted by molar-refractivity contribution is 7.99. The van der Waals surface area contributed by atoms with E-state index < -0.39 is 0 Å². The molecule has 19 heavy (non-hydrogen) atoms. The van der Waals surface area contributed by atoms with Crippen LogP contribution in [-0.2, 0) is 0 Å². The summed E-state index contributed by atoms with van der Waals surface area (Å²) >= 11 is 2.11. The average molecular weight is 285 g/mol. The molecule has 0 aromatic rings. The number of hydrogen-bond acceptors (Lipinski definition) is 3. The van der Waals surface area contributed by atoms with Crippen molar-refractivity contribution in [1.29, 1.82) is 0 Å². The van der Waals surface area contributed by atoms with E-state index in [1.807, 2.05) is 0 Å². The second kappa shape index (κ2) is 5.95. The third-order valence-corrected chi connectivity index (χ3v) is 7.07. The Labute approximate surface area is 123 Å². The van der Waals surface area contributed by atoms with Gasteiger partial charge in [0.1, 0.15) is 0 Å². The first-order valence-electron chi connectivity index (χ1n) is 7.96. The van der Waals surface area contributed by atoms with Crippen molar-refractivity contribution < 1.29 is 0 Å². The van der Waals surface area contributed by atoms with Crippen molar-refractivity contribution in [2.24, 2.45) is 23.0 Å². The summed E-state index contributed by atoms with van der Waals surface area (Å²) in [5.74, 6) is 4.29. The Morgan fingerprint density at radius 2 is 1.89 bits per heavy atom. The van der Waals surface area contributed by atoms with Crippen molar-refractivity contribution in [3.8, 4) is 0 Å². The van der Waals surface area contributed by atoms with E-state index in [0.29, 0.717) is 5.41 Å². The van der Waals surface area contributed by atoms with Crippen molar-refractivity contribution in [2.75, 3.05) is 31.1 Å². The Hall–Kier alpha value is 0.270. The van der Waals surface area contributed by atoms with Crippen molar-refractivity contribution >= 4 is 11.8 Å². The summed E-state index contributed by atoms with van der Waals surface area (Å²) < 4.78 is 0. The van der Waals surface area contributed by atoms with Crippen LogP contribution in [0.15, 0.2) is 0 Å². The molecular formula is C16H32N2S. The molecule has 2 aliphatic heterocycles. The van der Waals surface area contributed by atoms with E-state index in [-0.39, 0.29) is 5.54 Å². The molecule has 0 amide bonds. The molecule has 0 aliphatic carbocycles. The van der Waals surface area contributed by atoms with Gasteiger partial charge in [-0.15, -0.1) is 0 Å². The van der Waals surface area contributed by atoms with E-state index in [2.05, 4.69) is 44.4 Å². The summed E-state index contributed by atoms with van der Waals surface area (Å²) in [5, 5.41) is 0. The highest BCUT2D eigenvalue weighted by Gasteiger charge is 2.50. The van der Waals surface area contributed by atoms with Gasteiger partial charge in [0.25, 0.3) is 0 Å². The highest BCUT2D eigenvalue weighted by Crippen LogP contribution is 2.46. The van der Waals surface area contributed by atoms with Crippen LogP contribution in [0.4, 0.5) is 0 Å². The van der Waals surface area contributed by atoms with Gasteiger partial charge in [0.2, 0.25) is 0 Å². The number of thioether (sulfide) groups is 1. The topological polar surface area (TPSA) is 29.3 Å². The van der Waals surface area contributed by atoms with Crippen LogP contribution in [0.2, 0.25) is 0 Å². The molecular weight excluding hydrogens is 252 g/mol. The molecule has 1 atom stereocenters. The minimum absolute atomic E-state index is 0.234. The van der Waals surface area contributed by atoms with Gasteiger partial charge in [-0.1, -0.05) is 27.7 Å². The molecule has 2 fully saturated rings. The first-order valence-corrected chi connectivity index (χ1v) is 9.11. The summed E-state index contributed by atoms with van der Waals surface area (Å²) in [6.07, 6.45) is 4.03. The first kappa shape index (κ1) is 15.7. The minimum atomic E-state index is 0.234. The van der Waals surface area contributed by atoms with Crippen molar-refractivity contribution in [3.05, 3.63) is 0 Å². The molecule has 1 unspecified atom stereocenters. The fraction of sp³-hybridized carbons (Fsp3) is 1.00. The van der Waals surface area contributed by atoms with Gasteiger partial charge in [0.15, 0.2) is 0 Å². The largest absolute Gasteiger partial charge is 0.329 e. The molecule has 3 heteroatoms. The van der Waals surface area contributed by atoms with E-state index >= 15 is 0 Å². The molecule has 0 aromatic heterocycles. The lowest BCUT2D eigenvalue weighted by molar-refractivity contribution is -0.0235. The maximum Gasteiger partial charge on any atom is 0.0472 e. The SMILES string of the molecule is CC(C)C1CCN(C2(CN)CSCCC2(C)C)CC1. The molecule has 0 aromatic carbocycles. The first-order chi connectivity index (χ1) is 8.93. The lowest BCUT2D eigenvalue weighted by Crippen LogP contribution is -2.67. The minimum Gasteiger partial charge on any atom is -0.329 e. The van der Waals surface area contributed by atoms with E-state index in [1.54, 1.807) is 0 Å². The van der Waals surface area contributed by atoms with E-state index in [9.17, 15) is 0 Å². The summed E-state index contributed by atoms with van der Waals surface area (Å²) in [6.45, 7) is 13.0. The summed E-state index contributed by atoms with van der Waals surface area (Å²) in [4.78, 5) is 2.75. The molecule has 112 valence electrons. The van der Waals surface area contributed by atoms with Gasteiger partial charge in [0, 0.05) is 17.8 Å². The lowest BCUT2D eigenvalue weighted by Gasteiger charge is -2.57.